The van der Waals surface area contributed by atoms with Gasteiger partial charge >= 0.3 is 0 Å². The number of likely N-dealkylation sites (N-methyl/N-ethyl adjacent to an activating group) is 1. The lowest BCUT2D eigenvalue weighted by molar-refractivity contribution is -0.136. The molecule has 8 N–H and O–H groups in total. The van der Waals surface area contributed by atoms with Crippen molar-refractivity contribution in [1.82, 2.24) is 20.9 Å². The number of hydrogen-bond acceptors (Lipinski definition) is 6. The summed E-state index contributed by atoms with van der Waals surface area (Å²) in [5.74, 6) is -1.61. The smallest absolute Gasteiger partial charge is 0.244 e. The third kappa shape index (κ3) is 15.5. The van der Waals surface area contributed by atoms with Crippen LogP contribution in [0.1, 0.15) is 107 Å². The minimum absolute atomic E-state index is 0.0640. The number of carbonyl (C=O) groups excluding carboxylic acids is 4. The van der Waals surface area contributed by atoms with Crippen LogP contribution in [-0.4, -0.2) is 71.4 Å². The molecule has 0 aromatic heterocycles. The largest absolute Gasteiger partial charge is 0.508 e. The number of amides is 4. The standard InChI is InChI=1S/C50H67N7O5/c1-57-45(35-39-24-17-23-38-21-15-16-25-42(38)39)56-48(61)43(26-18-32-53-50(51)52)54-49(62)44(34-36-19-11-10-12-20-36)55-47(60)40(33-37-28-30-41(58)31-29-37)22-13-8-6-4-2-3-5-7-9-14-27-46(57)59/h10-12,15-17,19-21,23-25,28-31,40,43-45,58H,2-9,13-14,18,22,26-27,32-35H2,1H3,(H,54,62)(H,55,60)(H,56,61)(H4,51,52,53)/t40-,43-,44+,45+/m0/s1. The molecule has 1 saturated heterocycles. The van der Waals surface area contributed by atoms with Gasteiger partial charge in [0.25, 0.3) is 0 Å². The van der Waals surface area contributed by atoms with E-state index in [1.807, 2.05) is 84.9 Å². The highest BCUT2D eigenvalue weighted by atomic mass is 16.3. The van der Waals surface area contributed by atoms with Crippen molar-refractivity contribution in [2.45, 2.75) is 127 Å². The molecule has 0 spiro atoms. The van der Waals surface area contributed by atoms with Gasteiger partial charge in [0.1, 0.15) is 24.0 Å². The van der Waals surface area contributed by atoms with Gasteiger partial charge in [-0.3, -0.25) is 24.2 Å². The first-order valence-corrected chi connectivity index (χ1v) is 22.6. The first-order chi connectivity index (χ1) is 30.1. The van der Waals surface area contributed by atoms with Crippen LogP contribution in [0.25, 0.3) is 10.8 Å². The van der Waals surface area contributed by atoms with E-state index >= 15 is 0 Å². The predicted octanol–water partition coefficient (Wildman–Crippen LogP) is 6.81. The van der Waals surface area contributed by atoms with Crippen LogP contribution < -0.4 is 27.4 Å². The van der Waals surface area contributed by atoms with Gasteiger partial charge in [-0.1, -0.05) is 143 Å². The third-order valence-corrected chi connectivity index (χ3v) is 11.9. The maximum Gasteiger partial charge on any atom is 0.244 e. The van der Waals surface area contributed by atoms with E-state index in [1.165, 1.54) is 0 Å². The zero-order chi connectivity index (χ0) is 44.1. The number of nitrogens with one attached hydrogen (secondary N) is 3. The highest BCUT2D eigenvalue weighted by Gasteiger charge is 2.31. The van der Waals surface area contributed by atoms with Gasteiger partial charge in [-0.25, -0.2) is 0 Å². The molecule has 332 valence electrons. The zero-order valence-corrected chi connectivity index (χ0v) is 36.4. The molecule has 0 radical (unpaired) electrons. The molecule has 0 unspecified atom stereocenters. The number of aromatic hydroxyl groups is 1. The van der Waals surface area contributed by atoms with Crippen molar-refractivity contribution in [1.29, 1.82) is 0 Å². The van der Waals surface area contributed by atoms with Crippen LogP contribution >= 0.6 is 0 Å². The number of carbonyl (C=O) groups is 4. The Morgan fingerprint density at radius 3 is 1.95 bits per heavy atom. The van der Waals surface area contributed by atoms with Crippen molar-refractivity contribution in [3.8, 4) is 5.75 Å². The summed E-state index contributed by atoms with van der Waals surface area (Å²) in [5.41, 5.74) is 14.0. The van der Waals surface area contributed by atoms with Gasteiger partial charge in [0, 0.05) is 38.8 Å². The van der Waals surface area contributed by atoms with Crippen molar-refractivity contribution >= 4 is 40.4 Å². The maximum atomic E-state index is 14.6. The van der Waals surface area contributed by atoms with Crippen molar-refractivity contribution < 1.29 is 24.3 Å². The molecular weight excluding hydrogens is 779 g/mol. The average Bonchev–Trinajstić information content (AvgIpc) is 3.27. The number of fused-ring (bicyclic) bond motifs is 1. The van der Waals surface area contributed by atoms with Crippen LogP contribution in [0.2, 0.25) is 0 Å². The van der Waals surface area contributed by atoms with E-state index in [-0.39, 0.29) is 42.9 Å². The summed E-state index contributed by atoms with van der Waals surface area (Å²) in [7, 11) is 1.73. The number of rotatable bonds is 10. The molecule has 12 heteroatoms. The summed E-state index contributed by atoms with van der Waals surface area (Å²) in [5, 5.41) is 21.3. The van der Waals surface area contributed by atoms with Gasteiger partial charge in [0.05, 0.1) is 0 Å². The van der Waals surface area contributed by atoms with Crippen LogP contribution in [0.4, 0.5) is 0 Å². The van der Waals surface area contributed by atoms with E-state index in [0.717, 1.165) is 91.7 Å². The summed E-state index contributed by atoms with van der Waals surface area (Å²) < 4.78 is 0. The van der Waals surface area contributed by atoms with Crippen molar-refractivity contribution in [3.63, 3.8) is 0 Å². The van der Waals surface area contributed by atoms with Gasteiger partial charge < -0.3 is 37.4 Å². The van der Waals surface area contributed by atoms with Crippen molar-refractivity contribution in [2.24, 2.45) is 22.4 Å². The molecule has 5 rings (SSSR count). The van der Waals surface area contributed by atoms with Crippen molar-refractivity contribution in [2.75, 3.05) is 13.6 Å². The highest BCUT2D eigenvalue weighted by Crippen LogP contribution is 2.23. The molecule has 1 aliphatic heterocycles. The Kier molecular flexibility index (Phi) is 19.1. The number of phenolic OH excluding ortho intramolecular Hbond substituents is 1. The van der Waals surface area contributed by atoms with E-state index in [9.17, 15) is 24.3 Å². The highest BCUT2D eigenvalue weighted by molar-refractivity contribution is 5.93. The SMILES string of the molecule is CN1C(=O)CCCCCCCCCCCC[C@@H](Cc2ccc(O)cc2)C(=O)N[C@H](Cc2ccccc2)C(=O)N[C@@H](CCCN=C(N)N)C(=O)N[C@H]1Cc1cccc2ccccc12. The van der Waals surface area contributed by atoms with Crippen LogP contribution in [0.5, 0.6) is 5.75 Å². The molecule has 0 saturated carbocycles. The Bertz CT molecular complexity index is 2050. The second-order valence-corrected chi connectivity index (χ2v) is 16.8. The minimum atomic E-state index is -1.04. The normalized spacial score (nSPS) is 21.0. The molecule has 4 atom stereocenters. The topological polar surface area (TPSA) is 192 Å². The summed E-state index contributed by atoms with van der Waals surface area (Å²) in [6, 6.07) is 28.4. The van der Waals surface area contributed by atoms with E-state index in [4.69, 9.17) is 11.5 Å². The monoisotopic (exact) mass is 846 g/mol. The second kappa shape index (κ2) is 25.1. The molecule has 0 aliphatic carbocycles. The van der Waals surface area contributed by atoms with E-state index in [0.29, 0.717) is 32.1 Å². The van der Waals surface area contributed by atoms with E-state index < -0.39 is 36.0 Å². The van der Waals surface area contributed by atoms with Gasteiger partial charge in [0.2, 0.25) is 23.6 Å². The fraction of sp³-hybridized carbons (Fsp3) is 0.460. The van der Waals surface area contributed by atoms with Gasteiger partial charge in [-0.05, 0) is 71.7 Å². The summed E-state index contributed by atoms with van der Waals surface area (Å²) in [6.07, 6.45) is 12.2. The molecule has 4 aromatic rings. The molecule has 4 aromatic carbocycles. The number of nitrogens with zero attached hydrogens (tertiary/aromatic N) is 2. The number of benzene rings is 4. The van der Waals surface area contributed by atoms with Crippen LogP contribution in [-0.2, 0) is 38.4 Å². The lowest BCUT2D eigenvalue weighted by Crippen LogP contribution is -2.58. The fourth-order valence-electron chi connectivity index (χ4n) is 8.30. The number of aliphatic imine (C=N–C) groups is 1. The predicted molar refractivity (Wildman–Crippen MR) is 247 cm³/mol. The summed E-state index contributed by atoms with van der Waals surface area (Å²) in [6.45, 7) is 0.239. The molecule has 4 amide bonds. The van der Waals surface area contributed by atoms with Gasteiger partial charge in [-0.15, -0.1) is 0 Å². The number of nitrogens with two attached hydrogens (primary N) is 2. The number of hydrogen-bond donors (Lipinski definition) is 6. The minimum Gasteiger partial charge on any atom is -0.508 e. The third-order valence-electron chi connectivity index (χ3n) is 11.9. The Balaban J connectivity index is 1.46. The average molecular weight is 846 g/mol. The van der Waals surface area contributed by atoms with Crippen molar-refractivity contribution in [3.05, 3.63) is 114 Å². The molecule has 62 heavy (non-hydrogen) atoms. The lowest BCUT2D eigenvalue weighted by atomic mass is 9.91. The number of guanidine groups is 1. The maximum absolute atomic E-state index is 14.6. The Hall–Kier alpha value is -5.91. The molecule has 1 heterocycles. The van der Waals surface area contributed by atoms with Crippen LogP contribution in [0.3, 0.4) is 0 Å². The van der Waals surface area contributed by atoms with E-state index in [2.05, 4.69) is 20.9 Å². The molecule has 12 nitrogen and oxygen atoms in total. The Morgan fingerprint density at radius 2 is 1.24 bits per heavy atom. The summed E-state index contributed by atoms with van der Waals surface area (Å²) >= 11 is 0. The Morgan fingerprint density at radius 1 is 0.645 bits per heavy atom. The molecule has 1 fully saturated rings. The number of phenols is 1. The zero-order valence-electron chi connectivity index (χ0n) is 36.4. The molecular formula is C50H67N7O5. The lowest BCUT2D eigenvalue weighted by Gasteiger charge is -2.32. The van der Waals surface area contributed by atoms with Gasteiger partial charge in [0.15, 0.2) is 5.96 Å². The van der Waals surface area contributed by atoms with Crippen LogP contribution in [0, 0.1) is 5.92 Å². The van der Waals surface area contributed by atoms with Crippen LogP contribution in [0.15, 0.2) is 102 Å². The summed E-state index contributed by atoms with van der Waals surface area (Å²) in [4.78, 5) is 63.0. The first-order valence-electron chi connectivity index (χ1n) is 22.6. The molecule has 1 aliphatic rings. The first kappa shape index (κ1) is 47.1. The van der Waals surface area contributed by atoms with E-state index in [1.54, 1.807) is 24.1 Å². The fourth-order valence-corrected chi connectivity index (χ4v) is 8.30. The Labute approximate surface area is 367 Å². The second-order valence-electron chi connectivity index (χ2n) is 16.8. The molecule has 0 bridgehead atoms. The quantitative estimate of drug-likeness (QED) is 0.0574. The van der Waals surface area contributed by atoms with Gasteiger partial charge in [-0.2, -0.15) is 0 Å².